The highest BCUT2D eigenvalue weighted by Crippen LogP contribution is 2.42. The molecular weight excluding hydrogens is 564 g/mol. The van der Waals surface area contributed by atoms with Gasteiger partial charge in [0.05, 0.1) is 31.1 Å². The molecule has 212 valence electrons. The van der Waals surface area contributed by atoms with Crippen molar-refractivity contribution in [3.63, 3.8) is 0 Å². The number of amidine groups is 1. The highest BCUT2D eigenvalue weighted by molar-refractivity contribution is 8.93. The number of aromatic nitrogens is 1. The van der Waals surface area contributed by atoms with Crippen molar-refractivity contribution in [3.05, 3.63) is 52.3 Å². The van der Waals surface area contributed by atoms with Gasteiger partial charge in [-0.2, -0.15) is 0 Å². The fourth-order valence-electron chi connectivity index (χ4n) is 5.01. The van der Waals surface area contributed by atoms with Gasteiger partial charge in [0.25, 0.3) is 0 Å². The number of hydrogen-bond donors (Lipinski definition) is 3. The summed E-state index contributed by atoms with van der Waals surface area (Å²) in [6.45, 7) is 8.78. The van der Waals surface area contributed by atoms with Gasteiger partial charge in [-0.1, -0.05) is 26.8 Å². The number of halogens is 1. The lowest BCUT2D eigenvalue weighted by molar-refractivity contribution is -0.137. The Labute approximate surface area is 240 Å². The smallest absolute Gasteiger partial charge is 0.303 e. The minimum absolute atomic E-state index is 0. The predicted molar refractivity (Wildman–Crippen MR) is 156 cm³/mol. The van der Waals surface area contributed by atoms with Crippen molar-refractivity contribution in [1.29, 1.82) is 5.41 Å². The monoisotopic (exact) mass is 602 g/mol. The third-order valence-electron chi connectivity index (χ3n) is 7.11. The Morgan fingerprint density at radius 1 is 1.13 bits per heavy atom. The van der Waals surface area contributed by atoms with Crippen molar-refractivity contribution in [3.8, 4) is 5.75 Å². The van der Waals surface area contributed by atoms with E-state index in [0.717, 1.165) is 48.5 Å². The van der Waals surface area contributed by atoms with Crippen LogP contribution in [0, 0.1) is 5.41 Å². The first-order chi connectivity index (χ1) is 18.1. The van der Waals surface area contributed by atoms with Crippen LogP contribution in [-0.4, -0.2) is 63.9 Å². The molecule has 1 fully saturated rings. The average Bonchev–Trinajstić information content (AvgIpc) is 3.51. The molecule has 1 saturated heterocycles. The summed E-state index contributed by atoms with van der Waals surface area (Å²) in [5.41, 5.74) is 4.04. The number of carbonyl (C=O) groups excluding carboxylic acids is 1. The van der Waals surface area contributed by atoms with Gasteiger partial charge in [-0.15, -0.1) is 17.0 Å². The molecule has 0 unspecified atom stereocenters. The average molecular weight is 604 g/mol. The van der Waals surface area contributed by atoms with Crippen LogP contribution in [0.3, 0.4) is 0 Å². The topological polar surface area (TPSA) is 127 Å². The molecule has 0 saturated carbocycles. The SMILES string of the molecule is Br.CC(C)(C)c1cc(C(=O)CN2Cc3ccc(CO)nc3C2=N)cc(N2CCCC2)c1OCCCCC(=O)O. The van der Waals surface area contributed by atoms with Gasteiger partial charge in [0.1, 0.15) is 17.3 Å². The first kappa shape index (κ1) is 30.6. The number of nitrogens with one attached hydrogen (secondary N) is 1. The minimum atomic E-state index is -0.806. The number of carboxylic acid groups (broad SMARTS) is 1. The van der Waals surface area contributed by atoms with E-state index in [2.05, 4.69) is 30.7 Å². The molecule has 0 aliphatic carbocycles. The molecule has 0 radical (unpaired) electrons. The fourth-order valence-corrected chi connectivity index (χ4v) is 5.01. The number of Topliss-reactive ketones (excluding diaryl/α,β-unsaturated/α-hetero) is 1. The van der Waals surface area contributed by atoms with Crippen molar-refractivity contribution in [2.45, 2.75) is 71.4 Å². The zero-order valence-corrected chi connectivity index (χ0v) is 24.7. The van der Waals surface area contributed by atoms with E-state index in [-0.39, 0.29) is 53.6 Å². The molecule has 1 aromatic carbocycles. The highest BCUT2D eigenvalue weighted by atomic mass is 79.9. The number of fused-ring (bicyclic) bond motifs is 1. The van der Waals surface area contributed by atoms with Gasteiger partial charge >= 0.3 is 5.97 Å². The first-order valence-corrected chi connectivity index (χ1v) is 13.3. The van der Waals surface area contributed by atoms with E-state index in [1.54, 1.807) is 11.0 Å². The van der Waals surface area contributed by atoms with E-state index < -0.39 is 5.97 Å². The molecule has 2 aliphatic heterocycles. The van der Waals surface area contributed by atoms with Crippen LogP contribution in [0.1, 0.15) is 85.7 Å². The van der Waals surface area contributed by atoms with Gasteiger partial charge in [0.2, 0.25) is 0 Å². The number of ether oxygens (including phenoxy) is 1. The van der Waals surface area contributed by atoms with Gasteiger partial charge in [0, 0.05) is 42.7 Å². The number of ketones is 1. The van der Waals surface area contributed by atoms with Crippen molar-refractivity contribution < 1.29 is 24.5 Å². The maximum absolute atomic E-state index is 13.6. The molecule has 0 amide bonds. The van der Waals surface area contributed by atoms with Crippen LogP contribution in [-0.2, 0) is 23.4 Å². The Bertz CT molecular complexity index is 1220. The predicted octanol–water partition coefficient (Wildman–Crippen LogP) is 4.71. The maximum Gasteiger partial charge on any atom is 0.303 e. The molecule has 3 heterocycles. The third-order valence-corrected chi connectivity index (χ3v) is 7.11. The second-order valence-electron chi connectivity index (χ2n) is 11.1. The summed E-state index contributed by atoms with van der Waals surface area (Å²) >= 11 is 0. The molecule has 1 aromatic heterocycles. The molecule has 3 N–H and O–H groups in total. The number of hydrogen-bond acceptors (Lipinski definition) is 7. The Morgan fingerprint density at radius 2 is 1.85 bits per heavy atom. The molecular formula is C29H39BrN4O5. The van der Waals surface area contributed by atoms with Crippen LogP contribution in [0.5, 0.6) is 5.75 Å². The summed E-state index contributed by atoms with van der Waals surface area (Å²) in [6.07, 6.45) is 3.46. The van der Waals surface area contributed by atoms with Gasteiger partial charge in [-0.25, -0.2) is 4.98 Å². The molecule has 39 heavy (non-hydrogen) atoms. The summed E-state index contributed by atoms with van der Waals surface area (Å²) in [4.78, 5) is 32.9. The summed E-state index contributed by atoms with van der Waals surface area (Å²) in [5.74, 6) is 0.0813. The van der Waals surface area contributed by atoms with Crippen LogP contribution < -0.4 is 9.64 Å². The number of pyridine rings is 1. The maximum atomic E-state index is 13.6. The Morgan fingerprint density at radius 3 is 2.49 bits per heavy atom. The normalized spacial score (nSPS) is 14.8. The molecule has 0 atom stereocenters. The van der Waals surface area contributed by atoms with Crippen LogP contribution in [0.2, 0.25) is 0 Å². The molecule has 0 spiro atoms. The van der Waals surface area contributed by atoms with E-state index in [9.17, 15) is 14.7 Å². The second-order valence-corrected chi connectivity index (χ2v) is 11.1. The van der Waals surface area contributed by atoms with Crippen LogP contribution >= 0.6 is 17.0 Å². The summed E-state index contributed by atoms with van der Waals surface area (Å²) in [5, 5.41) is 26.9. The summed E-state index contributed by atoms with van der Waals surface area (Å²) in [6, 6.07) is 7.45. The lowest BCUT2D eigenvalue weighted by atomic mass is 9.84. The van der Waals surface area contributed by atoms with Crippen molar-refractivity contribution in [2.24, 2.45) is 0 Å². The number of aliphatic carboxylic acids is 1. The number of benzene rings is 1. The van der Waals surface area contributed by atoms with E-state index in [1.807, 2.05) is 18.2 Å². The number of aliphatic hydroxyl groups is 1. The lowest BCUT2D eigenvalue weighted by Gasteiger charge is -2.30. The number of unbranched alkanes of at least 4 members (excludes halogenated alkanes) is 1. The van der Waals surface area contributed by atoms with Crippen molar-refractivity contribution in [1.82, 2.24) is 9.88 Å². The number of carboxylic acids is 1. The van der Waals surface area contributed by atoms with E-state index >= 15 is 0 Å². The minimum Gasteiger partial charge on any atom is -0.491 e. The summed E-state index contributed by atoms with van der Waals surface area (Å²) in [7, 11) is 0. The number of rotatable bonds is 11. The highest BCUT2D eigenvalue weighted by Gasteiger charge is 2.31. The Balaban J connectivity index is 0.00000420. The number of aliphatic hydroxyl groups excluding tert-OH is 1. The number of carbonyl (C=O) groups is 2. The zero-order chi connectivity index (χ0) is 27.4. The zero-order valence-electron chi connectivity index (χ0n) is 23.0. The Hall–Kier alpha value is -2.98. The number of nitrogens with zero attached hydrogens (tertiary/aromatic N) is 3. The largest absolute Gasteiger partial charge is 0.491 e. The van der Waals surface area contributed by atoms with Crippen molar-refractivity contribution >= 4 is 40.3 Å². The van der Waals surface area contributed by atoms with Gasteiger partial charge < -0.3 is 24.7 Å². The van der Waals surface area contributed by atoms with Gasteiger partial charge in [-0.05, 0) is 49.3 Å². The molecule has 9 nitrogen and oxygen atoms in total. The number of anilines is 1. The van der Waals surface area contributed by atoms with Crippen LogP contribution in [0.25, 0.3) is 0 Å². The quantitative estimate of drug-likeness (QED) is 0.249. The first-order valence-electron chi connectivity index (χ1n) is 13.3. The van der Waals surface area contributed by atoms with E-state index in [1.165, 1.54) is 0 Å². The molecule has 2 aliphatic rings. The van der Waals surface area contributed by atoms with E-state index in [4.69, 9.17) is 15.3 Å². The second kappa shape index (κ2) is 12.9. The summed E-state index contributed by atoms with van der Waals surface area (Å²) < 4.78 is 6.32. The van der Waals surface area contributed by atoms with Crippen LogP contribution in [0.4, 0.5) is 5.69 Å². The molecule has 0 bridgehead atoms. The van der Waals surface area contributed by atoms with Crippen LogP contribution in [0.15, 0.2) is 24.3 Å². The van der Waals surface area contributed by atoms with Gasteiger partial charge in [0.15, 0.2) is 5.78 Å². The molecule has 10 heteroatoms. The molecule has 2 aromatic rings. The lowest BCUT2D eigenvalue weighted by Crippen LogP contribution is -2.31. The van der Waals surface area contributed by atoms with Crippen molar-refractivity contribution in [2.75, 3.05) is 31.1 Å². The van der Waals surface area contributed by atoms with Gasteiger partial charge in [-0.3, -0.25) is 15.0 Å². The fraction of sp³-hybridized carbons (Fsp3) is 0.517. The Kier molecular flexibility index (Phi) is 10.1. The standard InChI is InChI=1S/C29H38N4O5.BrH/c1-29(2,3)22-14-20(24(35)17-33-16-19-9-10-21(18-34)31-26(19)28(33)30)15-23(32-11-5-6-12-32)27(22)38-13-7-4-8-25(36)37;/h9-10,14-15,30,34H,4-8,11-13,16-18H2,1-3H3,(H,36,37);1H. The van der Waals surface area contributed by atoms with E-state index in [0.29, 0.717) is 42.9 Å². The molecule has 4 rings (SSSR count). The third kappa shape index (κ3) is 7.16.